The molecule has 0 radical (unpaired) electrons. The highest BCUT2D eigenvalue weighted by molar-refractivity contribution is 5.90. The summed E-state index contributed by atoms with van der Waals surface area (Å²) in [5.41, 5.74) is 4.65. The molecule has 0 unspecified atom stereocenters. The summed E-state index contributed by atoms with van der Waals surface area (Å²) < 4.78 is 0. The third kappa shape index (κ3) is 4.91. The Labute approximate surface area is 171 Å². The Morgan fingerprint density at radius 1 is 0.793 bits per heavy atom. The lowest BCUT2D eigenvalue weighted by Crippen LogP contribution is -2.44. The standard InChI is InChI=1S/C25H25NO3/c1-17-10-9-11-18(2)21(17)16-22(25(28)29)26-24(27)23(19-12-5-3-6-13-19)20-14-7-4-8-15-20/h3-15,22-23H,16H2,1-2H3,(H,26,27)(H,28,29)/t22-/m0/s1. The second-order valence-corrected chi connectivity index (χ2v) is 7.23. The number of benzene rings is 3. The summed E-state index contributed by atoms with van der Waals surface area (Å²) >= 11 is 0. The largest absolute Gasteiger partial charge is 0.480 e. The van der Waals surface area contributed by atoms with Gasteiger partial charge in [0.15, 0.2) is 0 Å². The molecule has 0 aliphatic rings. The van der Waals surface area contributed by atoms with Gasteiger partial charge in [0, 0.05) is 6.42 Å². The van der Waals surface area contributed by atoms with Crippen LogP contribution < -0.4 is 5.32 Å². The van der Waals surface area contributed by atoms with Crippen LogP contribution in [0.1, 0.15) is 33.7 Å². The van der Waals surface area contributed by atoms with Crippen LogP contribution in [-0.4, -0.2) is 23.0 Å². The summed E-state index contributed by atoms with van der Waals surface area (Å²) in [5, 5.41) is 12.6. The highest BCUT2D eigenvalue weighted by Crippen LogP contribution is 2.25. The number of hydrogen-bond donors (Lipinski definition) is 2. The number of carboxylic acid groups (broad SMARTS) is 1. The number of nitrogens with one attached hydrogen (secondary N) is 1. The molecule has 1 atom stereocenters. The second-order valence-electron chi connectivity index (χ2n) is 7.23. The van der Waals surface area contributed by atoms with Crippen molar-refractivity contribution in [3.05, 3.63) is 107 Å². The molecule has 148 valence electrons. The fraction of sp³-hybridized carbons (Fsp3) is 0.200. The van der Waals surface area contributed by atoms with Crippen LogP contribution in [-0.2, 0) is 16.0 Å². The van der Waals surface area contributed by atoms with Crippen LogP contribution in [0.5, 0.6) is 0 Å². The Hall–Kier alpha value is -3.40. The lowest BCUT2D eigenvalue weighted by molar-refractivity contribution is -0.141. The van der Waals surface area contributed by atoms with Crippen LogP contribution >= 0.6 is 0 Å². The van der Waals surface area contributed by atoms with Gasteiger partial charge in [0.1, 0.15) is 6.04 Å². The predicted octanol–water partition coefficient (Wildman–Crippen LogP) is 4.25. The summed E-state index contributed by atoms with van der Waals surface area (Å²) in [6.07, 6.45) is 0.246. The lowest BCUT2D eigenvalue weighted by Gasteiger charge is -2.22. The van der Waals surface area contributed by atoms with Gasteiger partial charge < -0.3 is 10.4 Å². The van der Waals surface area contributed by atoms with Gasteiger partial charge in [0.2, 0.25) is 5.91 Å². The predicted molar refractivity (Wildman–Crippen MR) is 114 cm³/mol. The van der Waals surface area contributed by atoms with E-state index in [0.29, 0.717) is 0 Å². The minimum absolute atomic E-state index is 0.246. The molecule has 0 bridgehead atoms. The van der Waals surface area contributed by atoms with Gasteiger partial charge in [-0.25, -0.2) is 4.79 Å². The molecule has 0 aliphatic carbocycles. The van der Waals surface area contributed by atoms with Gasteiger partial charge in [0.25, 0.3) is 0 Å². The van der Waals surface area contributed by atoms with E-state index in [1.807, 2.05) is 92.7 Å². The van der Waals surface area contributed by atoms with Crippen molar-refractivity contribution in [2.24, 2.45) is 0 Å². The third-order valence-corrected chi connectivity index (χ3v) is 5.20. The van der Waals surface area contributed by atoms with Crippen molar-refractivity contribution in [3.8, 4) is 0 Å². The van der Waals surface area contributed by atoms with E-state index in [9.17, 15) is 14.7 Å². The maximum atomic E-state index is 13.2. The number of aliphatic carboxylic acids is 1. The zero-order valence-corrected chi connectivity index (χ0v) is 16.6. The molecule has 0 saturated carbocycles. The smallest absolute Gasteiger partial charge is 0.326 e. The molecule has 3 aromatic rings. The summed E-state index contributed by atoms with van der Waals surface area (Å²) in [5.74, 6) is -1.93. The van der Waals surface area contributed by atoms with Gasteiger partial charge in [-0.1, -0.05) is 78.9 Å². The van der Waals surface area contributed by atoms with E-state index in [1.54, 1.807) is 0 Å². The summed E-state index contributed by atoms with van der Waals surface area (Å²) in [4.78, 5) is 25.2. The monoisotopic (exact) mass is 387 g/mol. The summed E-state index contributed by atoms with van der Waals surface area (Å²) in [7, 11) is 0. The van der Waals surface area contributed by atoms with Crippen LogP contribution in [0.25, 0.3) is 0 Å². The highest BCUT2D eigenvalue weighted by atomic mass is 16.4. The van der Waals surface area contributed by atoms with Gasteiger partial charge in [-0.15, -0.1) is 0 Å². The third-order valence-electron chi connectivity index (χ3n) is 5.20. The van der Waals surface area contributed by atoms with Crippen LogP contribution in [0.2, 0.25) is 0 Å². The van der Waals surface area contributed by atoms with Gasteiger partial charge >= 0.3 is 5.97 Å². The number of hydrogen-bond acceptors (Lipinski definition) is 2. The van der Waals surface area contributed by atoms with Crippen LogP contribution in [0.15, 0.2) is 78.9 Å². The molecule has 0 fully saturated rings. The summed E-state index contributed by atoms with van der Waals surface area (Å²) in [6, 6.07) is 23.7. The van der Waals surface area contributed by atoms with Crippen molar-refractivity contribution in [3.63, 3.8) is 0 Å². The first-order valence-electron chi connectivity index (χ1n) is 9.65. The number of carbonyl (C=O) groups excluding carboxylic acids is 1. The lowest BCUT2D eigenvalue weighted by atomic mass is 9.89. The molecule has 4 nitrogen and oxygen atoms in total. The van der Waals surface area contributed by atoms with Crippen molar-refractivity contribution < 1.29 is 14.7 Å². The van der Waals surface area contributed by atoms with E-state index in [2.05, 4.69) is 5.32 Å². The molecule has 1 amide bonds. The number of amides is 1. The number of rotatable bonds is 7. The molecular formula is C25H25NO3. The molecule has 29 heavy (non-hydrogen) atoms. The maximum absolute atomic E-state index is 13.2. The van der Waals surface area contributed by atoms with E-state index in [0.717, 1.165) is 27.8 Å². The Morgan fingerprint density at radius 3 is 1.72 bits per heavy atom. The average Bonchev–Trinajstić information content (AvgIpc) is 2.71. The first-order chi connectivity index (χ1) is 14.0. The van der Waals surface area contributed by atoms with Crippen molar-refractivity contribution in [2.75, 3.05) is 0 Å². The first kappa shape index (κ1) is 20.3. The Bertz CT molecular complexity index is 924. The molecule has 3 aromatic carbocycles. The Morgan fingerprint density at radius 2 is 1.28 bits per heavy atom. The zero-order valence-electron chi connectivity index (χ0n) is 16.6. The molecule has 0 saturated heterocycles. The molecule has 0 aliphatic heterocycles. The first-order valence-corrected chi connectivity index (χ1v) is 9.65. The van der Waals surface area contributed by atoms with Gasteiger partial charge in [0.05, 0.1) is 5.92 Å². The normalized spacial score (nSPS) is 11.8. The molecular weight excluding hydrogens is 362 g/mol. The minimum Gasteiger partial charge on any atom is -0.480 e. The second kappa shape index (κ2) is 9.20. The number of carbonyl (C=O) groups is 2. The molecule has 2 N–H and O–H groups in total. The Balaban J connectivity index is 1.90. The van der Waals surface area contributed by atoms with E-state index in [-0.39, 0.29) is 12.3 Å². The van der Waals surface area contributed by atoms with E-state index in [1.165, 1.54) is 0 Å². The maximum Gasteiger partial charge on any atom is 0.326 e. The zero-order chi connectivity index (χ0) is 20.8. The quantitative estimate of drug-likeness (QED) is 0.637. The highest BCUT2D eigenvalue weighted by Gasteiger charge is 2.28. The van der Waals surface area contributed by atoms with Gasteiger partial charge in [-0.3, -0.25) is 4.79 Å². The van der Waals surface area contributed by atoms with Crippen molar-refractivity contribution in [1.82, 2.24) is 5.32 Å². The number of carboxylic acids is 1. The van der Waals surface area contributed by atoms with Gasteiger partial charge in [-0.05, 0) is 41.7 Å². The molecule has 3 rings (SSSR count). The molecule has 4 heteroatoms. The fourth-order valence-corrected chi connectivity index (χ4v) is 3.62. The van der Waals surface area contributed by atoms with Crippen LogP contribution in [0.4, 0.5) is 0 Å². The SMILES string of the molecule is Cc1cccc(C)c1C[C@H](NC(=O)C(c1ccccc1)c1ccccc1)C(=O)O. The molecule has 0 heterocycles. The topological polar surface area (TPSA) is 66.4 Å². The van der Waals surface area contributed by atoms with E-state index in [4.69, 9.17) is 0 Å². The minimum atomic E-state index is -1.04. The van der Waals surface area contributed by atoms with E-state index >= 15 is 0 Å². The fourth-order valence-electron chi connectivity index (χ4n) is 3.62. The van der Waals surface area contributed by atoms with Crippen molar-refractivity contribution in [1.29, 1.82) is 0 Å². The van der Waals surface area contributed by atoms with Crippen LogP contribution in [0, 0.1) is 13.8 Å². The van der Waals surface area contributed by atoms with Gasteiger partial charge in [-0.2, -0.15) is 0 Å². The van der Waals surface area contributed by atoms with Crippen molar-refractivity contribution >= 4 is 11.9 Å². The van der Waals surface area contributed by atoms with E-state index < -0.39 is 17.9 Å². The molecule has 0 aromatic heterocycles. The van der Waals surface area contributed by atoms with Crippen molar-refractivity contribution in [2.45, 2.75) is 32.2 Å². The average molecular weight is 387 g/mol. The molecule has 0 spiro atoms. The number of aryl methyl sites for hydroxylation is 2. The summed E-state index contributed by atoms with van der Waals surface area (Å²) in [6.45, 7) is 3.92. The van der Waals surface area contributed by atoms with Crippen LogP contribution in [0.3, 0.4) is 0 Å². The Kier molecular flexibility index (Phi) is 6.45.